The number of hydrogen-bond donors (Lipinski definition) is 1. The lowest BCUT2D eigenvalue weighted by molar-refractivity contribution is 0.0803. The second kappa shape index (κ2) is 24.6. The van der Waals surface area contributed by atoms with Crippen molar-refractivity contribution in [3.8, 4) is 0 Å². The molecule has 0 aliphatic carbocycles. The van der Waals surface area contributed by atoms with Crippen LogP contribution in [0.2, 0.25) is 0 Å². The third-order valence-electron chi connectivity index (χ3n) is 7.15. The van der Waals surface area contributed by atoms with Crippen LogP contribution < -0.4 is 0 Å². The van der Waals surface area contributed by atoms with Gasteiger partial charge in [-0.3, -0.25) is 0 Å². The summed E-state index contributed by atoms with van der Waals surface area (Å²) in [4.78, 5) is 0. The smallest absolute Gasteiger partial charge is 0.0568 e. The Balaban J connectivity index is 4.35. The summed E-state index contributed by atoms with van der Waals surface area (Å²) in [5.41, 5.74) is 0. The fraction of sp³-hybridized carbons (Fsp3) is 0.875. The van der Waals surface area contributed by atoms with Gasteiger partial charge in [-0.2, -0.15) is 0 Å². The van der Waals surface area contributed by atoms with Crippen LogP contribution in [0.25, 0.3) is 0 Å². The summed E-state index contributed by atoms with van der Waals surface area (Å²) >= 11 is 0. The fourth-order valence-corrected chi connectivity index (χ4v) is 4.73. The third-order valence-corrected chi connectivity index (χ3v) is 7.15. The Morgan fingerprint density at radius 1 is 0.515 bits per heavy atom. The van der Waals surface area contributed by atoms with Gasteiger partial charge in [0, 0.05) is 0 Å². The first-order valence-electron chi connectivity index (χ1n) is 15.0. The Hall–Kier alpha value is -0.560. The van der Waals surface area contributed by atoms with Crippen molar-refractivity contribution < 1.29 is 5.11 Å². The molecule has 0 aliphatic rings. The van der Waals surface area contributed by atoms with E-state index in [1.54, 1.807) is 0 Å². The third kappa shape index (κ3) is 23.0. The van der Waals surface area contributed by atoms with Crippen molar-refractivity contribution in [3.63, 3.8) is 0 Å². The van der Waals surface area contributed by atoms with Crippen molar-refractivity contribution in [2.75, 3.05) is 0 Å². The SMILES string of the molecule is CCCCCC=CCCCC(CCCC=CCCCCC)C(O)CCC(C)CCCC(C)C. The molecule has 0 bridgehead atoms. The molecule has 0 amide bonds. The van der Waals surface area contributed by atoms with Crippen molar-refractivity contribution in [3.05, 3.63) is 24.3 Å². The van der Waals surface area contributed by atoms with E-state index in [0.717, 1.165) is 18.3 Å². The second-order valence-electron chi connectivity index (χ2n) is 11.1. The monoisotopic (exact) mass is 462 g/mol. The van der Waals surface area contributed by atoms with Crippen LogP contribution in [-0.4, -0.2) is 11.2 Å². The zero-order valence-electron chi connectivity index (χ0n) is 23.5. The second-order valence-corrected chi connectivity index (χ2v) is 11.1. The fourth-order valence-electron chi connectivity index (χ4n) is 4.73. The van der Waals surface area contributed by atoms with E-state index in [1.807, 2.05) is 0 Å². The van der Waals surface area contributed by atoms with Gasteiger partial charge < -0.3 is 5.11 Å². The Kier molecular flexibility index (Phi) is 24.1. The molecule has 2 atom stereocenters. The molecule has 0 saturated heterocycles. The van der Waals surface area contributed by atoms with Crippen LogP contribution in [0.15, 0.2) is 24.3 Å². The number of unbranched alkanes of at least 4 members (excludes halogenated alkanes) is 8. The average Bonchev–Trinajstić information content (AvgIpc) is 2.79. The molecule has 1 N–H and O–H groups in total. The number of hydrogen-bond acceptors (Lipinski definition) is 1. The Labute approximate surface area is 209 Å². The van der Waals surface area contributed by atoms with Gasteiger partial charge in [-0.1, -0.05) is 104 Å². The number of aliphatic hydroxyl groups is 1. The average molecular weight is 463 g/mol. The highest BCUT2D eigenvalue weighted by atomic mass is 16.3. The van der Waals surface area contributed by atoms with Crippen LogP contribution in [0.5, 0.6) is 0 Å². The van der Waals surface area contributed by atoms with Crippen molar-refractivity contribution in [2.24, 2.45) is 17.8 Å². The molecule has 0 aromatic heterocycles. The summed E-state index contributed by atoms with van der Waals surface area (Å²) < 4.78 is 0. The lowest BCUT2D eigenvalue weighted by Crippen LogP contribution is -2.21. The molecule has 1 heteroatoms. The largest absolute Gasteiger partial charge is 0.393 e. The molecule has 196 valence electrons. The molecular formula is C32H62O. The van der Waals surface area contributed by atoms with Crippen LogP contribution in [0.3, 0.4) is 0 Å². The van der Waals surface area contributed by atoms with E-state index < -0.39 is 0 Å². The van der Waals surface area contributed by atoms with E-state index in [1.165, 1.54) is 116 Å². The highest BCUT2D eigenvalue weighted by molar-refractivity contribution is 4.84. The predicted octanol–water partition coefficient (Wildman–Crippen LogP) is 10.8. The maximum atomic E-state index is 11.0. The van der Waals surface area contributed by atoms with Gasteiger partial charge in [-0.15, -0.1) is 0 Å². The van der Waals surface area contributed by atoms with Gasteiger partial charge in [-0.05, 0) is 94.8 Å². The van der Waals surface area contributed by atoms with Crippen molar-refractivity contribution in [1.29, 1.82) is 0 Å². The first-order valence-corrected chi connectivity index (χ1v) is 15.0. The molecule has 0 spiro atoms. The summed E-state index contributed by atoms with van der Waals surface area (Å²) in [7, 11) is 0. The minimum absolute atomic E-state index is 0.111. The maximum absolute atomic E-state index is 11.0. The van der Waals surface area contributed by atoms with Gasteiger partial charge >= 0.3 is 0 Å². The van der Waals surface area contributed by atoms with Crippen LogP contribution in [0, 0.1) is 17.8 Å². The lowest BCUT2D eigenvalue weighted by Gasteiger charge is -2.24. The molecule has 0 aromatic rings. The van der Waals surface area contributed by atoms with E-state index in [0.29, 0.717) is 5.92 Å². The first kappa shape index (κ1) is 32.4. The summed E-state index contributed by atoms with van der Waals surface area (Å²) in [5.74, 6) is 2.04. The molecule has 0 saturated carbocycles. The van der Waals surface area contributed by atoms with E-state index in [2.05, 4.69) is 58.9 Å². The van der Waals surface area contributed by atoms with Crippen LogP contribution in [0.4, 0.5) is 0 Å². The van der Waals surface area contributed by atoms with Crippen molar-refractivity contribution >= 4 is 0 Å². The topological polar surface area (TPSA) is 20.2 Å². The molecular weight excluding hydrogens is 400 g/mol. The minimum Gasteiger partial charge on any atom is -0.393 e. The van der Waals surface area contributed by atoms with Gasteiger partial charge in [0.25, 0.3) is 0 Å². The number of allylic oxidation sites excluding steroid dienone is 4. The van der Waals surface area contributed by atoms with Gasteiger partial charge in [0.15, 0.2) is 0 Å². The van der Waals surface area contributed by atoms with Gasteiger partial charge in [0.05, 0.1) is 6.10 Å². The number of rotatable bonds is 24. The van der Waals surface area contributed by atoms with Crippen molar-refractivity contribution in [1.82, 2.24) is 0 Å². The molecule has 0 aliphatic heterocycles. The standard InChI is InChI=1S/C32H62O/c1-6-8-10-12-14-16-18-20-25-31(26-21-19-17-15-13-11-9-7-2)32(33)28-27-30(5)24-22-23-29(3)4/h14-17,29-33H,6-13,18-28H2,1-5H3. The summed E-state index contributed by atoms with van der Waals surface area (Å²) in [6, 6.07) is 0. The van der Waals surface area contributed by atoms with Gasteiger partial charge in [0.2, 0.25) is 0 Å². The minimum atomic E-state index is -0.111. The van der Waals surface area contributed by atoms with E-state index >= 15 is 0 Å². The van der Waals surface area contributed by atoms with Crippen LogP contribution in [0.1, 0.15) is 157 Å². The molecule has 0 heterocycles. The molecule has 0 radical (unpaired) electrons. The highest BCUT2D eigenvalue weighted by Gasteiger charge is 2.19. The van der Waals surface area contributed by atoms with E-state index in [9.17, 15) is 5.11 Å². The predicted molar refractivity (Wildman–Crippen MR) is 151 cm³/mol. The Morgan fingerprint density at radius 2 is 1.00 bits per heavy atom. The van der Waals surface area contributed by atoms with Gasteiger partial charge in [0.1, 0.15) is 0 Å². The molecule has 0 aromatic carbocycles. The summed E-state index contributed by atoms with van der Waals surface area (Å²) in [6.07, 6.45) is 33.2. The first-order chi connectivity index (χ1) is 16.0. The summed E-state index contributed by atoms with van der Waals surface area (Å²) in [5, 5.41) is 11.0. The highest BCUT2D eigenvalue weighted by Crippen LogP contribution is 2.26. The molecule has 2 unspecified atom stereocenters. The molecule has 0 fully saturated rings. The molecule has 1 nitrogen and oxygen atoms in total. The molecule has 0 rings (SSSR count). The van der Waals surface area contributed by atoms with E-state index in [-0.39, 0.29) is 6.10 Å². The summed E-state index contributed by atoms with van der Waals surface area (Å²) in [6.45, 7) is 11.6. The number of aliphatic hydroxyl groups excluding tert-OH is 1. The normalized spacial score (nSPS) is 15.1. The Morgan fingerprint density at radius 3 is 1.45 bits per heavy atom. The molecule has 33 heavy (non-hydrogen) atoms. The van der Waals surface area contributed by atoms with E-state index in [4.69, 9.17) is 0 Å². The van der Waals surface area contributed by atoms with Gasteiger partial charge in [-0.25, -0.2) is 0 Å². The maximum Gasteiger partial charge on any atom is 0.0568 e. The lowest BCUT2D eigenvalue weighted by atomic mass is 9.86. The Bertz CT molecular complexity index is 410. The van der Waals surface area contributed by atoms with Crippen LogP contribution in [-0.2, 0) is 0 Å². The van der Waals surface area contributed by atoms with Crippen molar-refractivity contribution in [2.45, 2.75) is 163 Å². The zero-order valence-corrected chi connectivity index (χ0v) is 23.5. The quantitative estimate of drug-likeness (QED) is 0.112. The zero-order chi connectivity index (χ0) is 24.6. The van der Waals surface area contributed by atoms with Crippen LogP contribution >= 0.6 is 0 Å².